The number of benzene rings is 2. The van der Waals surface area contributed by atoms with Gasteiger partial charge in [-0.15, -0.1) is 11.8 Å². The second-order valence-corrected chi connectivity index (χ2v) is 8.88. The number of unbranched alkanes of at least 4 members (excludes halogenated alkanes) is 1. The van der Waals surface area contributed by atoms with Gasteiger partial charge in [-0.1, -0.05) is 57.9 Å². The van der Waals surface area contributed by atoms with Crippen LogP contribution in [0.5, 0.6) is 0 Å². The summed E-state index contributed by atoms with van der Waals surface area (Å²) in [6, 6.07) is 16.1. The molecule has 1 fully saturated rings. The highest BCUT2D eigenvalue weighted by molar-refractivity contribution is 8.00. The smallest absolute Gasteiger partial charge is 0.238 e. The van der Waals surface area contributed by atoms with E-state index in [2.05, 4.69) is 38.2 Å². The number of thioether (sulfide) groups is 1. The van der Waals surface area contributed by atoms with E-state index in [9.17, 15) is 9.59 Å². The molecule has 0 radical (unpaired) electrons. The van der Waals surface area contributed by atoms with Gasteiger partial charge in [0, 0.05) is 17.3 Å². The average Bonchev–Trinajstić information content (AvgIpc) is 3.16. The number of hydrogen-bond acceptors (Lipinski definition) is 3. The van der Waals surface area contributed by atoms with E-state index < -0.39 is 0 Å². The number of nitrogens with one attached hydrogen (secondary N) is 1. The summed E-state index contributed by atoms with van der Waals surface area (Å²) < 4.78 is 0. The summed E-state index contributed by atoms with van der Waals surface area (Å²) in [4.78, 5) is 27.3. The van der Waals surface area contributed by atoms with Gasteiger partial charge in [0.1, 0.15) is 5.37 Å². The molecule has 0 saturated carbocycles. The van der Waals surface area contributed by atoms with Gasteiger partial charge in [0.05, 0.1) is 5.75 Å². The standard InChI is InChI=1S/C25H32N2O2S/c1-4-7-11-19(6-3)24(29)26-21-13-9-12-20(16-21)25-27(23(28)17-30-25)22-14-8-10-18(5-2)15-22/h8-10,12-16,19,25H,4-7,11,17H2,1-3H3,(H,26,29)/t19-,25+/m0/s1. The van der Waals surface area contributed by atoms with E-state index >= 15 is 0 Å². The molecule has 4 nitrogen and oxygen atoms in total. The molecule has 0 unspecified atom stereocenters. The van der Waals surface area contributed by atoms with E-state index in [1.807, 2.05) is 41.3 Å². The maximum absolute atomic E-state index is 12.7. The molecule has 160 valence electrons. The van der Waals surface area contributed by atoms with E-state index in [1.165, 1.54) is 5.56 Å². The Bertz CT molecular complexity index is 883. The Labute approximate surface area is 184 Å². The highest BCUT2D eigenvalue weighted by Gasteiger charge is 2.34. The Morgan fingerprint density at radius 3 is 2.70 bits per heavy atom. The minimum absolute atomic E-state index is 0.0457. The van der Waals surface area contributed by atoms with Gasteiger partial charge in [-0.2, -0.15) is 0 Å². The zero-order valence-corrected chi connectivity index (χ0v) is 19.0. The van der Waals surface area contributed by atoms with Crippen molar-refractivity contribution in [2.45, 2.75) is 58.2 Å². The Kier molecular flexibility index (Phi) is 7.97. The molecule has 1 saturated heterocycles. The maximum Gasteiger partial charge on any atom is 0.238 e. The van der Waals surface area contributed by atoms with Crippen molar-refractivity contribution < 1.29 is 9.59 Å². The molecule has 2 aromatic carbocycles. The molecule has 0 bridgehead atoms. The lowest BCUT2D eigenvalue weighted by Gasteiger charge is -2.25. The summed E-state index contributed by atoms with van der Waals surface area (Å²) in [5.41, 5.74) is 3.99. The first-order chi connectivity index (χ1) is 14.6. The third-order valence-corrected chi connectivity index (χ3v) is 6.89. The number of rotatable bonds is 9. The van der Waals surface area contributed by atoms with Crippen LogP contribution < -0.4 is 10.2 Å². The van der Waals surface area contributed by atoms with Crippen molar-refractivity contribution in [1.29, 1.82) is 0 Å². The third-order valence-electron chi connectivity index (χ3n) is 5.67. The average molecular weight is 425 g/mol. The molecule has 30 heavy (non-hydrogen) atoms. The van der Waals surface area contributed by atoms with Crippen molar-refractivity contribution in [3.8, 4) is 0 Å². The normalized spacial score (nSPS) is 17.2. The SMILES string of the molecule is CCCC[C@H](CC)C(=O)Nc1cccc([C@H]2SCC(=O)N2c2cccc(CC)c2)c1. The molecule has 2 aromatic rings. The van der Waals surface area contributed by atoms with Crippen LogP contribution in [0.25, 0.3) is 0 Å². The first kappa shape index (κ1) is 22.4. The summed E-state index contributed by atoms with van der Waals surface area (Å²) in [6.07, 6.45) is 4.87. The molecule has 1 N–H and O–H groups in total. The minimum Gasteiger partial charge on any atom is -0.326 e. The fourth-order valence-electron chi connectivity index (χ4n) is 3.86. The van der Waals surface area contributed by atoms with Crippen LogP contribution >= 0.6 is 11.8 Å². The molecule has 0 aromatic heterocycles. The monoisotopic (exact) mass is 424 g/mol. The molecular formula is C25H32N2O2S. The zero-order chi connectivity index (χ0) is 21.5. The molecule has 1 aliphatic heterocycles. The minimum atomic E-state index is -0.0801. The molecule has 5 heteroatoms. The molecule has 3 rings (SSSR count). The van der Waals surface area contributed by atoms with E-state index in [0.29, 0.717) is 5.75 Å². The fraction of sp³-hybridized carbons (Fsp3) is 0.440. The van der Waals surface area contributed by atoms with Gasteiger partial charge in [-0.25, -0.2) is 0 Å². The van der Waals surface area contributed by atoms with Gasteiger partial charge in [-0.3, -0.25) is 14.5 Å². The summed E-state index contributed by atoms with van der Waals surface area (Å²) >= 11 is 1.63. The highest BCUT2D eigenvalue weighted by Crippen LogP contribution is 2.42. The first-order valence-corrected chi connectivity index (χ1v) is 12.1. The molecular weight excluding hydrogens is 392 g/mol. The number of carbonyl (C=O) groups is 2. The van der Waals surface area contributed by atoms with Crippen LogP contribution in [0.2, 0.25) is 0 Å². The fourth-order valence-corrected chi connectivity index (χ4v) is 5.03. The number of anilines is 2. The number of amides is 2. The molecule has 1 heterocycles. The number of nitrogens with zero attached hydrogens (tertiary/aromatic N) is 1. The van der Waals surface area contributed by atoms with Crippen LogP contribution in [0, 0.1) is 5.92 Å². The van der Waals surface area contributed by atoms with Gasteiger partial charge < -0.3 is 5.32 Å². The van der Waals surface area contributed by atoms with Crippen molar-refractivity contribution in [3.05, 3.63) is 59.7 Å². The molecule has 2 amide bonds. The van der Waals surface area contributed by atoms with E-state index in [-0.39, 0.29) is 23.1 Å². The highest BCUT2D eigenvalue weighted by atomic mass is 32.2. The summed E-state index contributed by atoms with van der Waals surface area (Å²) in [5, 5.41) is 3.02. The first-order valence-electron chi connectivity index (χ1n) is 11.0. The number of carbonyl (C=O) groups excluding carboxylic acids is 2. The van der Waals surface area contributed by atoms with Gasteiger partial charge in [0.15, 0.2) is 0 Å². The van der Waals surface area contributed by atoms with Crippen LogP contribution in [0.3, 0.4) is 0 Å². The maximum atomic E-state index is 12.7. The second kappa shape index (κ2) is 10.7. The van der Waals surface area contributed by atoms with Gasteiger partial charge in [0.25, 0.3) is 0 Å². The van der Waals surface area contributed by atoms with Crippen molar-refractivity contribution in [1.82, 2.24) is 0 Å². The van der Waals surface area contributed by atoms with Crippen LogP contribution in [-0.4, -0.2) is 17.6 Å². The van der Waals surface area contributed by atoms with Crippen molar-refractivity contribution in [2.24, 2.45) is 5.92 Å². The van der Waals surface area contributed by atoms with E-state index in [1.54, 1.807) is 11.8 Å². The zero-order valence-electron chi connectivity index (χ0n) is 18.2. The van der Waals surface area contributed by atoms with Gasteiger partial charge in [-0.05, 0) is 54.7 Å². The lowest BCUT2D eigenvalue weighted by atomic mass is 9.98. The predicted molar refractivity (Wildman–Crippen MR) is 127 cm³/mol. The summed E-state index contributed by atoms with van der Waals surface area (Å²) in [5.74, 6) is 0.723. The van der Waals surface area contributed by atoms with Gasteiger partial charge >= 0.3 is 0 Å². The second-order valence-electron chi connectivity index (χ2n) is 7.81. The predicted octanol–water partition coefficient (Wildman–Crippen LogP) is 6.18. The lowest BCUT2D eigenvalue weighted by Crippen LogP contribution is -2.28. The van der Waals surface area contributed by atoms with Crippen molar-refractivity contribution >= 4 is 35.0 Å². The van der Waals surface area contributed by atoms with Crippen LogP contribution in [0.4, 0.5) is 11.4 Å². The van der Waals surface area contributed by atoms with Crippen LogP contribution in [0.1, 0.15) is 63.0 Å². The Morgan fingerprint density at radius 1 is 1.17 bits per heavy atom. The van der Waals surface area contributed by atoms with E-state index in [0.717, 1.165) is 49.0 Å². The Balaban J connectivity index is 1.80. The Hall–Kier alpha value is -2.27. The van der Waals surface area contributed by atoms with Crippen molar-refractivity contribution in [2.75, 3.05) is 16.0 Å². The molecule has 0 aliphatic carbocycles. The number of hydrogen-bond donors (Lipinski definition) is 1. The molecule has 1 aliphatic rings. The number of aryl methyl sites for hydroxylation is 1. The third kappa shape index (κ3) is 5.25. The molecule has 2 atom stereocenters. The lowest BCUT2D eigenvalue weighted by molar-refractivity contribution is -0.120. The van der Waals surface area contributed by atoms with Crippen LogP contribution in [0.15, 0.2) is 48.5 Å². The quantitative estimate of drug-likeness (QED) is 0.523. The van der Waals surface area contributed by atoms with Crippen LogP contribution in [-0.2, 0) is 16.0 Å². The van der Waals surface area contributed by atoms with E-state index in [4.69, 9.17) is 0 Å². The summed E-state index contributed by atoms with van der Waals surface area (Å²) in [7, 11) is 0. The topological polar surface area (TPSA) is 49.4 Å². The summed E-state index contributed by atoms with van der Waals surface area (Å²) in [6.45, 7) is 6.34. The van der Waals surface area contributed by atoms with Gasteiger partial charge in [0.2, 0.25) is 11.8 Å². The molecule has 0 spiro atoms. The largest absolute Gasteiger partial charge is 0.326 e. The Morgan fingerprint density at radius 2 is 1.97 bits per heavy atom. The van der Waals surface area contributed by atoms with Crippen molar-refractivity contribution in [3.63, 3.8) is 0 Å².